The highest BCUT2D eigenvalue weighted by atomic mass is 79.9. The van der Waals surface area contributed by atoms with Gasteiger partial charge in [-0.2, -0.15) is 5.10 Å². The van der Waals surface area contributed by atoms with Crippen molar-refractivity contribution in [2.45, 2.75) is 88.9 Å². The van der Waals surface area contributed by atoms with E-state index in [1.165, 1.54) is 12.8 Å². The molecule has 2 aromatic rings. The van der Waals surface area contributed by atoms with E-state index in [1.807, 2.05) is 37.3 Å². The number of carbonyl (C=O) groups excluding carboxylic acids is 2. The van der Waals surface area contributed by atoms with Crippen LogP contribution in [-0.4, -0.2) is 38.1 Å². The van der Waals surface area contributed by atoms with E-state index >= 15 is 0 Å². The lowest BCUT2D eigenvalue weighted by atomic mass is 9.93. The van der Waals surface area contributed by atoms with E-state index in [1.54, 1.807) is 9.58 Å². The van der Waals surface area contributed by atoms with Crippen molar-refractivity contribution in [2.75, 3.05) is 0 Å². The fourth-order valence-electron chi connectivity index (χ4n) is 5.05. The van der Waals surface area contributed by atoms with Crippen LogP contribution in [0.3, 0.4) is 0 Å². The predicted molar refractivity (Wildman–Crippen MR) is 126 cm³/mol. The number of halogens is 1. The Kier molecular flexibility index (Phi) is 5.86. The number of nitrogens with one attached hydrogen (secondary N) is 1. The molecule has 170 valence electrons. The standard InChI is InChI=1S/C25H31BrN4O2/c1-25(24(32)27-19-9-4-2-3-5-10-19)16-30-22(14-21(28-30)17-12-13-17)23(31)29(25)15-18-8-6-7-11-20(18)26/h6-8,11,14,17,19H,2-5,9-10,12-13,15-16H2,1H3,(H,27,32). The third kappa shape index (κ3) is 4.12. The van der Waals surface area contributed by atoms with E-state index in [4.69, 9.17) is 5.10 Å². The molecule has 2 aliphatic carbocycles. The molecule has 1 aromatic heterocycles. The molecule has 0 radical (unpaired) electrons. The van der Waals surface area contributed by atoms with Crippen molar-refractivity contribution in [3.8, 4) is 0 Å². The van der Waals surface area contributed by atoms with Crippen LogP contribution in [0.4, 0.5) is 0 Å². The van der Waals surface area contributed by atoms with Crippen molar-refractivity contribution in [1.29, 1.82) is 0 Å². The Morgan fingerprint density at radius 2 is 1.88 bits per heavy atom. The maximum atomic E-state index is 13.7. The molecular weight excluding hydrogens is 468 g/mol. The Morgan fingerprint density at radius 3 is 2.56 bits per heavy atom. The lowest BCUT2D eigenvalue weighted by Gasteiger charge is -2.44. The molecule has 0 bridgehead atoms. The third-order valence-electron chi connectivity index (χ3n) is 7.28. The Bertz CT molecular complexity index is 1020. The number of amides is 2. The third-order valence-corrected chi connectivity index (χ3v) is 8.05. The highest BCUT2D eigenvalue weighted by molar-refractivity contribution is 9.10. The van der Waals surface area contributed by atoms with Gasteiger partial charge in [0, 0.05) is 23.0 Å². The minimum absolute atomic E-state index is 0.0704. The van der Waals surface area contributed by atoms with Gasteiger partial charge in [-0.25, -0.2) is 0 Å². The molecule has 1 atom stereocenters. The summed E-state index contributed by atoms with van der Waals surface area (Å²) in [5, 5.41) is 8.05. The summed E-state index contributed by atoms with van der Waals surface area (Å²) in [4.78, 5) is 29.2. The lowest BCUT2D eigenvalue weighted by Crippen LogP contribution is -2.64. The van der Waals surface area contributed by atoms with E-state index < -0.39 is 5.54 Å². The summed E-state index contributed by atoms with van der Waals surface area (Å²) in [5.74, 6) is 0.271. The molecule has 0 saturated heterocycles. The van der Waals surface area contributed by atoms with Crippen LogP contribution in [-0.2, 0) is 17.9 Å². The van der Waals surface area contributed by atoms with Gasteiger partial charge in [0.25, 0.3) is 5.91 Å². The van der Waals surface area contributed by atoms with Gasteiger partial charge in [0.2, 0.25) is 5.91 Å². The van der Waals surface area contributed by atoms with Crippen molar-refractivity contribution < 1.29 is 9.59 Å². The topological polar surface area (TPSA) is 67.2 Å². The molecule has 2 heterocycles. The summed E-state index contributed by atoms with van der Waals surface area (Å²) >= 11 is 3.61. The summed E-state index contributed by atoms with van der Waals surface area (Å²) in [6.07, 6.45) is 9.05. The molecule has 2 saturated carbocycles. The molecule has 7 heteroatoms. The number of aromatic nitrogens is 2. The number of rotatable bonds is 5. The largest absolute Gasteiger partial charge is 0.351 e. The predicted octanol–water partition coefficient (Wildman–Crippen LogP) is 4.78. The molecule has 2 amide bonds. The van der Waals surface area contributed by atoms with Gasteiger partial charge in [-0.3, -0.25) is 14.3 Å². The van der Waals surface area contributed by atoms with Gasteiger partial charge in [0.05, 0.1) is 12.2 Å². The van der Waals surface area contributed by atoms with Gasteiger partial charge in [0.15, 0.2) is 0 Å². The Labute approximate surface area is 197 Å². The fourth-order valence-corrected chi connectivity index (χ4v) is 5.46. The van der Waals surface area contributed by atoms with Crippen LogP contribution >= 0.6 is 15.9 Å². The Morgan fingerprint density at radius 1 is 1.16 bits per heavy atom. The molecular formula is C25H31BrN4O2. The Balaban J connectivity index is 1.48. The number of carbonyl (C=O) groups is 2. The van der Waals surface area contributed by atoms with Crippen LogP contribution in [0.5, 0.6) is 0 Å². The van der Waals surface area contributed by atoms with Crippen LogP contribution in [0.2, 0.25) is 0 Å². The first-order valence-corrected chi connectivity index (χ1v) is 12.7. The first-order valence-electron chi connectivity index (χ1n) is 11.9. The van der Waals surface area contributed by atoms with Crippen molar-refractivity contribution in [1.82, 2.24) is 20.0 Å². The first-order chi connectivity index (χ1) is 15.5. The van der Waals surface area contributed by atoms with Gasteiger partial charge in [-0.1, -0.05) is 59.8 Å². The summed E-state index contributed by atoms with van der Waals surface area (Å²) < 4.78 is 2.72. The zero-order valence-corrected chi connectivity index (χ0v) is 20.2. The van der Waals surface area contributed by atoms with E-state index in [2.05, 4.69) is 21.2 Å². The van der Waals surface area contributed by atoms with Gasteiger partial charge < -0.3 is 10.2 Å². The molecule has 1 aliphatic heterocycles. The summed E-state index contributed by atoms with van der Waals surface area (Å²) in [6, 6.07) is 10.0. The zero-order valence-electron chi connectivity index (χ0n) is 18.6. The highest BCUT2D eigenvalue weighted by Gasteiger charge is 2.49. The average Bonchev–Trinajstić information content (AvgIpc) is 3.58. The van der Waals surface area contributed by atoms with Crippen molar-refractivity contribution in [3.63, 3.8) is 0 Å². The van der Waals surface area contributed by atoms with E-state index in [-0.39, 0.29) is 17.9 Å². The normalized spacial score (nSPS) is 24.2. The summed E-state index contributed by atoms with van der Waals surface area (Å²) in [5.41, 5.74) is 1.57. The fraction of sp³-hybridized carbons (Fsp3) is 0.560. The maximum absolute atomic E-state index is 13.7. The maximum Gasteiger partial charge on any atom is 0.273 e. The monoisotopic (exact) mass is 498 g/mol. The van der Waals surface area contributed by atoms with Gasteiger partial charge in [0.1, 0.15) is 11.2 Å². The minimum Gasteiger partial charge on any atom is -0.351 e. The quantitative estimate of drug-likeness (QED) is 0.603. The van der Waals surface area contributed by atoms with Crippen LogP contribution in [0.15, 0.2) is 34.8 Å². The van der Waals surface area contributed by atoms with Crippen molar-refractivity contribution in [2.24, 2.45) is 0 Å². The van der Waals surface area contributed by atoms with Crippen LogP contribution in [0.25, 0.3) is 0 Å². The number of hydrogen-bond acceptors (Lipinski definition) is 3. The molecule has 0 spiro atoms. The second-order valence-electron chi connectivity index (χ2n) is 9.80. The number of nitrogens with zero attached hydrogens (tertiary/aromatic N) is 3. The zero-order chi connectivity index (χ0) is 22.3. The van der Waals surface area contributed by atoms with Crippen LogP contribution in [0, 0.1) is 0 Å². The van der Waals surface area contributed by atoms with Crippen LogP contribution in [0.1, 0.15) is 86.0 Å². The smallest absolute Gasteiger partial charge is 0.273 e. The summed E-state index contributed by atoms with van der Waals surface area (Å²) in [7, 11) is 0. The lowest BCUT2D eigenvalue weighted by molar-refractivity contribution is -0.134. The Hall–Kier alpha value is -2.15. The van der Waals surface area contributed by atoms with E-state index in [0.717, 1.165) is 54.3 Å². The minimum atomic E-state index is -1.00. The second-order valence-corrected chi connectivity index (χ2v) is 10.7. The van der Waals surface area contributed by atoms with Gasteiger partial charge in [-0.15, -0.1) is 0 Å². The summed E-state index contributed by atoms with van der Waals surface area (Å²) in [6.45, 7) is 2.65. The number of benzene rings is 1. The molecule has 2 fully saturated rings. The molecule has 6 nitrogen and oxygen atoms in total. The van der Waals surface area contributed by atoms with Crippen molar-refractivity contribution in [3.05, 3.63) is 51.8 Å². The molecule has 3 aliphatic rings. The SMILES string of the molecule is CC1(C(=O)NC2CCCCCC2)Cn2nc(C3CC3)cc2C(=O)N1Cc1ccccc1Br. The molecule has 1 unspecified atom stereocenters. The van der Waals surface area contributed by atoms with E-state index in [9.17, 15) is 9.59 Å². The number of hydrogen-bond donors (Lipinski definition) is 1. The van der Waals surface area contributed by atoms with Gasteiger partial charge >= 0.3 is 0 Å². The highest BCUT2D eigenvalue weighted by Crippen LogP contribution is 2.41. The average molecular weight is 499 g/mol. The molecule has 5 rings (SSSR count). The first kappa shape index (κ1) is 21.7. The van der Waals surface area contributed by atoms with Crippen LogP contribution < -0.4 is 5.32 Å². The number of fused-ring (bicyclic) bond motifs is 1. The van der Waals surface area contributed by atoms with Crippen molar-refractivity contribution >= 4 is 27.7 Å². The molecule has 1 aromatic carbocycles. The van der Waals surface area contributed by atoms with Gasteiger partial charge in [-0.05, 0) is 50.3 Å². The second kappa shape index (κ2) is 8.65. The molecule has 32 heavy (non-hydrogen) atoms. The van der Waals surface area contributed by atoms with E-state index in [0.29, 0.717) is 24.7 Å². The molecule has 1 N–H and O–H groups in total.